The van der Waals surface area contributed by atoms with Gasteiger partial charge in [0.05, 0.1) is 11.2 Å². The first kappa shape index (κ1) is 21.6. The summed E-state index contributed by atoms with van der Waals surface area (Å²) in [6.07, 6.45) is 2.33. The number of benzene rings is 2. The van der Waals surface area contributed by atoms with Crippen LogP contribution in [0, 0.1) is 6.92 Å². The summed E-state index contributed by atoms with van der Waals surface area (Å²) in [5.74, 6) is 0. The quantitative estimate of drug-likeness (QED) is 0.421. The molecule has 0 aliphatic heterocycles. The smallest absolute Gasteiger partial charge is 0.0730 e. The van der Waals surface area contributed by atoms with Crippen molar-refractivity contribution in [3.05, 3.63) is 59.1 Å². The van der Waals surface area contributed by atoms with Crippen molar-refractivity contribution in [2.24, 2.45) is 0 Å². The zero-order chi connectivity index (χ0) is 20.8. The van der Waals surface area contributed by atoms with Crippen LogP contribution >= 0.6 is 11.6 Å². The number of nitrogens with zero attached hydrogens (tertiary/aromatic N) is 2. The van der Waals surface area contributed by atoms with Crippen LogP contribution in [0.5, 0.6) is 0 Å². The van der Waals surface area contributed by atoms with Gasteiger partial charge in [0, 0.05) is 27.7 Å². The predicted octanol–water partition coefficient (Wildman–Crippen LogP) is 6.79. The van der Waals surface area contributed by atoms with E-state index in [0.717, 1.165) is 53.5 Å². The standard InChI is InChI=1S/C25H32ClN3/c1-5-29(6-2)14-8-9-19(4)27-25-17-24(20-10-7-11-21(26)16-20)28-23-13-12-18(3)15-22(23)25/h7,10-13,15-17,19H,5-6,8-9,14H2,1-4H3,(H,27,28). The van der Waals surface area contributed by atoms with Crippen molar-refractivity contribution in [2.45, 2.75) is 46.6 Å². The number of halogens is 1. The molecule has 0 fully saturated rings. The predicted molar refractivity (Wildman–Crippen MR) is 127 cm³/mol. The van der Waals surface area contributed by atoms with Crippen molar-refractivity contribution in [1.29, 1.82) is 0 Å². The second-order valence-electron chi connectivity index (χ2n) is 7.80. The number of pyridine rings is 1. The number of nitrogens with one attached hydrogen (secondary N) is 1. The van der Waals surface area contributed by atoms with E-state index in [2.05, 4.69) is 68.2 Å². The molecule has 3 nitrogen and oxygen atoms in total. The molecule has 0 radical (unpaired) electrons. The van der Waals surface area contributed by atoms with Crippen molar-refractivity contribution in [2.75, 3.05) is 25.0 Å². The summed E-state index contributed by atoms with van der Waals surface area (Å²) in [6, 6.07) is 16.9. The Morgan fingerprint density at radius 1 is 1.07 bits per heavy atom. The van der Waals surface area contributed by atoms with Crippen molar-refractivity contribution < 1.29 is 0 Å². The number of fused-ring (bicyclic) bond motifs is 1. The summed E-state index contributed by atoms with van der Waals surface area (Å²) in [5.41, 5.74) is 5.38. The minimum Gasteiger partial charge on any atom is -0.382 e. The zero-order valence-corrected chi connectivity index (χ0v) is 18.8. The van der Waals surface area contributed by atoms with Crippen molar-refractivity contribution in [1.82, 2.24) is 9.88 Å². The molecular formula is C25H32ClN3. The highest BCUT2D eigenvalue weighted by Crippen LogP contribution is 2.30. The molecule has 0 saturated heterocycles. The summed E-state index contributed by atoms with van der Waals surface area (Å²) < 4.78 is 0. The number of aromatic nitrogens is 1. The van der Waals surface area contributed by atoms with Gasteiger partial charge in [-0.3, -0.25) is 0 Å². The summed E-state index contributed by atoms with van der Waals surface area (Å²) in [5, 5.41) is 5.66. The molecule has 1 aromatic heterocycles. The molecule has 154 valence electrons. The molecule has 1 heterocycles. The Balaban J connectivity index is 1.86. The molecule has 3 aromatic rings. The molecule has 0 aliphatic carbocycles. The topological polar surface area (TPSA) is 28.2 Å². The molecule has 3 rings (SSSR count). The van der Waals surface area contributed by atoms with Crippen molar-refractivity contribution in [3.63, 3.8) is 0 Å². The van der Waals surface area contributed by atoms with Crippen LogP contribution < -0.4 is 5.32 Å². The van der Waals surface area contributed by atoms with Gasteiger partial charge in [0.25, 0.3) is 0 Å². The number of rotatable bonds is 9. The first-order valence-corrected chi connectivity index (χ1v) is 11.0. The highest BCUT2D eigenvalue weighted by molar-refractivity contribution is 6.30. The summed E-state index contributed by atoms with van der Waals surface area (Å²) in [7, 11) is 0. The van der Waals surface area contributed by atoms with Crippen molar-refractivity contribution in [3.8, 4) is 11.3 Å². The lowest BCUT2D eigenvalue weighted by Gasteiger charge is -2.21. The van der Waals surface area contributed by atoms with Crippen LogP contribution in [-0.2, 0) is 0 Å². The second kappa shape index (κ2) is 10.1. The Kier molecular flexibility index (Phi) is 7.51. The van der Waals surface area contributed by atoms with E-state index in [0.29, 0.717) is 6.04 Å². The lowest BCUT2D eigenvalue weighted by molar-refractivity contribution is 0.295. The fourth-order valence-electron chi connectivity index (χ4n) is 3.75. The molecule has 1 atom stereocenters. The Labute approximate surface area is 180 Å². The van der Waals surface area contributed by atoms with Crippen LogP contribution in [0.15, 0.2) is 48.5 Å². The first-order chi connectivity index (χ1) is 14.0. The minimum absolute atomic E-state index is 0.392. The average Bonchev–Trinajstić information content (AvgIpc) is 2.71. The Hall–Kier alpha value is -2.10. The average molecular weight is 410 g/mol. The van der Waals surface area contributed by atoms with Gasteiger partial charge in [-0.05, 0) is 76.7 Å². The molecule has 2 aromatic carbocycles. The third-order valence-corrected chi connectivity index (χ3v) is 5.73. The van der Waals surface area contributed by atoms with Gasteiger partial charge in [-0.2, -0.15) is 0 Å². The molecule has 0 saturated carbocycles. The maximum absolute atomic E-state index is 6.22. The van der Waals surface area contributed by atoms with Gasteiger partial charge in [0.15, 0.2) is 0 Å². The third-order valence-electron chi connectivity index (χ3n) is 5.49. The van der Waals surface area contributed by atoms with Crippen LogP contribution in [0.1, 0.15) is 39.2 Å². The molecular weight excluding hydrogens is 378 g/mol. The molecule has 1 unspecified atom stereocenters. The maximum atomic E-state index is 6.22. The van der Waals surface area contributed by atoms with Gasteiger partial charge in [0.2, 0.25) is 0 Å². The number of anilines is 1. The lowest BCUT2D eigenvalue weighted by atomic mass is 10.0. The molecule has 4 heteroatoms. The SMILES string of the molecule is CCN(CC)CCCC(C)Nc1cc(-c2cccc(Cl)c2)nc2ccc(C)cc12. The largest absolute Gasteiger partial charge is 0.382 e. The van der Waals surface area contributed by atoms with Crippen LogP contribution in [0.3, 0.4) is 0 Å². The highest BCUT2D eigenvalue weighted by atomic mass is 35.5. The van der Waals surface area contributed by atoms with Crippen LogP contribution in [0.2, 0.25) is 5.02 Å². The summed E-state index contributed by atoms with van der Waals surface area (Å²) in [6.45, 7) is 12.3. The number of hydrogen-bond acceptors (Lipinski definition) is 3. The van der Waals surface area contributed by atoms with Gasteiger partial charge in [0.1, 0.15) is 0 Å². The normalized spacial score (nSPS) is 12.5. The fraction of sp³-hybridized carbons (Fsp3) is 0.400. The molecule has 0 bridgehead atoms. The maximum Gasteiger partial charge on any atom is 0.0730 e. The summed E-state index contributed by atoms with van der Waals surface area (Å²) in [4.78, 5) is 7.38. The zero-order valence-electron chi connectivity index (χ0n) is 18.0. The van der Waals surface area contributed by atoms with Gasteiger partial charge in [-0.25, -0.2) is 4.98 Å². The second-order valence-corrected chi connectivity index (χ2v) is 8.24. The van der Waals surface area contributed by atoms with Gasteiger partial charge in [-0.15, -0.1) is 0 Å². The monoisotopic (exact) mass is 409 g/mol. The van der Waals surface area contributed by atoms with E-state index in [-0.39, 0.29) is 0 Å². The summed E-state index contributed by atoms with van der Waals surface area (Å²) >= 11 is 6.22. The van der Waals surface area contributed by atoms with E-state index in [4.69, 9.17) is 16.6 Å². The van der Waals surface area contributed by atoms with Gasteiger partial charge < -0.3 is 10.2 Å². The highest BCUT2D eigenvalue weighted by Gasteiger charge is 2.11. The Morgan fingerprint density at radius 2 is 1.86 bits per heavy atom. The van der Waals surface area contributed by atoms with Crippen molar-refractivity contribution >= 4 is 28.2 Å². The van der Waals surface area contributed by atoms with Crippen LogP contribution in [0.25, 0.3) is 22.2 Å². The van der Waals surface area contributed by atoms with Crippen LogP contribution in [-0.4, -0.2) is 35.6 Å². The molecule has 0 spiro atoms. The van der Waals surface area contributed by atoms with Gasteiger partial charge >= 0.3 is 0 Å². The fourth-order valence-corrected chi connectivity index (χ4v) is 3.94. The van der Waals surface area contributed by atoms with E-state index in [1.54, 1.807) is 0 Å². The molecule has 0 amide bonds. The van der Waals surface area contributed by atoms with Gasteiger partial charge in [-0.1, -0.05) is 49.2 Å². The van der Waals surface area contributed by atoms with E-state index < -0.39 is 0 Å². The van der Waals surface area contributed by atoms with E-state index in [1.807, 2.05) is 18.2 Å². The molecule has 0 aliphatic rings. The molecule has 1 N–H and O–H groups in total. The van der Waals surface area contributed by atoms with Crippen LogP contribution in [0.4, 0.5) is 5.69 Å². The lowest BCUT2D eigenvalue weighted by Crippen LogP contribution is -2.25. The number of hydrogen-bond donors (Lipinski definition) is 1. The molecule has 29 heavy (non-hydrogen) atoms. The minimum atomic E-state index is 0.392. The van der Waals surface area contributed by atoms with E-state index in [1.165, 1.54) is 17.4 Å². The Bertz CT molecular complexity index is 950. The van der Waals surface area contributed by atoms with E-state index in [9.17, 15) is 0 Å². The number of aryl methyl sites for hydroxylation is 1. The third kappa shape index (κ3) is 5.71. The van der Waals surface area contributed by atoms with E-state index >= 15 is 0 Å². The first-order valence-electron chi connectivity index (χ1n) is 10.7. The Morgan fingerprint density at radius 3 is 2.59 bits per heavy atom.